The molecule has 41 heavy (non-hydrogen) atoms. The van der Waals surface area contributed by atoms with E-state index in [4.69, 9.17) is 4.42 Å². The molecule has 0 bridgehead atoms. The van der Waals surface area contributed by atoms with E-state index in [0.29, 0.717) is 75.6 Å². The first-order valence-corrected chi connectivity index (χ1v) is 13.2. The molecule has 3 aromatic rings. The lowest BCUT2D eigenvalue weighted by Gasteiger charge is -2.43. The fourth-order valence-corrected chi connectivity index (χ4v) is 5.49. The largest absolute Gasteiger partial charge is 0.472 e. The van der Waals surface area contributed by atoms with Crippen LogP contribution >= 0.6 is 0 Å². The normalized spacial score (nSPS) is 18.3. The Balaban J connectivity index is 1.02. The van der Waals surface area contributed by atoms with E-state index in [0.717, 1.165) is 18.0 Å². The van der Waals surface area contributed by atoms with Gasteiger partial charge in [-0.3, -0.25) is 19.3 Å². The zero-order chi connectivity index (χ0) is 28.7. The van der Waals surface area contributed by atoms with E-state index in [1.165, 1.54) is 12.5 Å². The highest BCUT2D eigenvalue weighted by atomic mass is 19.4. The van der Waals surface area contributed by atoms with E-state index in [2.05, 4.69) is 25.1 Å². The molecule has 3 aliphatic heterocycles. The molecule has 15 heteroatoms. The number of carbonyl (C=O) groups is 2. The topological polar surface area (TPSA) is 132 Å². The Kier molecular flexibility index (Phi) is 6.97. The molecule has 0 radical (unpaired) electrons. The lowest BCUT2D eigenvalue weighted by atomic mass is 9.95. The van der Waals surface area contributed by atoms with Crippen molar-refractivity contribution in [1.82, 2.24) is 34.9 Å². The highest BCUT2D eigenvalue weighted by molar-refractivity contribution is 5.94. The molecular formula is C26H27F3N8O4. The van der Waals surface area contributed by atoms with Gasteiger partial charge in [-0.2, -0.15) is 18.3 Å². The maximum atomic E-state index is 13.1. The van der Waals surface area contributed by atoms with Crippen molar-refractivity contribution in [2.75, 3.05) is 50.7 Å². The number of amides is 2. The molecule has 3 aromatic heterocycles. The van der Waals surface area contributed by atoms with Crippen LogP contribution in [-0.4, -0.2) is 92.5 Å². The molecule has 0 spiro atoms. The maximum absolute atomic E-state index is 13.1. The Morgan fingerprint density at radius 3 is 2.41 bits per heavy atom. The number of H-pyrrole nitrogens is 1. The van der Waals surface area contributed by atoms with Gasteiger partial charge >= 0.3 is 6.18 Å². The second-order valence-electron chi connectivity index (χ2n) is 10.4. The number of carbonyl (C=O) groups excluding carboxylic acids is 2. The van der Waals surface area contributed by atoms with Gasteiger partial charge in [0.05, 0.1) is 29.0 Å². The summed E-state index contributed by atoms with van der Waals surface area (Å²) in [4.78, 5) is 53.3. The standard InChI is InChI=1S/C26H27F3N8O4/c27-26(28,29)18-9-30-25(31-10-18)36-6-4-35(5-7-36)24(40)17-11-34(12-17)14-21-20-13-37(23(39)16-2-8-41-15-16)3-1-19(20)22(38)33-32-21/h2,8-10,15,17H,1,3-7,11-14H2,(H,33,38). The number of nitrogens with one attached hydrogen (secondary N) is 1. The molecule has 3 aliphatic rings. The number of likely N-dealkylation sites (tertiary alicyclic amines) is 1. The number of aromatic nitrogens is 4. The first kappa shape index (κ1) is 26.9. The Morgan fingerprint density at radius 1 is 1.02 bits per heavy atom. The van der Waals surface area contributed by atoms with Gasteiger partial charge in [-0.05, 0) is 12.5 Å². The van der Waals surface area contributed by atoms with Gasteiger partial charge in [0.25, 0.3) is 11.5 Å². The number of fused-ring (bicyclic) bond motifs is 1. The van der Waals surface area contributed by atoms with E-state index in [1.807, 2.05) is 0 Å². The molecule has 216 valence electrons. The molecule has 1 N–H and O–H groups in total. The van der Waals surface area contributed by atoms with Crippen LogP contribution in [0, 0.1) is 5.92 Å². The molecule has 6 rings (SSSR count). The van der Waals surface area contributed by atoms with Crippen molar-refractivity contribution >= 4 is 17.8 Å². The summed E-state index contributed by atoms with van der Waals surface area (Å²) in [7, 11) is 0. The van der Waals surface area contributed by atoms with Crippen LogP contribution < -0.4 is 10.5 Å². The third-order valence-corrected chi connectivity index (χ3v) is 7.83. The van der Waals surface area contributed by atoms with Crippen molar-refractivity contribution in [3.05, 3.63) is 69.3 Å². The van der Waals surface area contributed by atoms with Gasteiger partial charge < -0.3 is 19.1 Å². The summed E-state index contributed by atoms with van der Waals surface area (Å²) in [6, 6.07) is 1.61. The lowest BCUT2D eigenvalue weighted by Crippen LogP contribution is -2.57. The number of rotatable bonds is 5. The number of hydrogen-bond acceptors (Lipinski definition) is 9. The quantitative estimate of drug-likeness (QED) is 0.478. The Labute approximate surface area is 231 Å². The molecule has 12 nitrogen and oxygen atoms in total. The maximum Gasteiger partial charge on any atom is 0.419 e. The number of furan rings is 1. The molecule has 0 atom stereocenters. The van der Waals surface area contributed by atoms with E-state index in [-0.39, 0.29) is 35.8 Å². The number of piperazine rings is 1. The molecule has 0 saturated carbocycles. The second-order valence-corrected chi connectivity index (χ2v) is 10.4. The predicted molar refractivity (Wildman–Crippen MR) is 137 cm³/mol. The first-order valence-electron chi connectivity index (χ1n) is 13.2. The Hall–Kier alpha value is -4.27. The molecular weight excluding hydrogens is 545 g/mol. The Bertz CT molecular complexity index is 1480. The molecule has 0 aliphatic carbocycles. The number of hydrogen-bond donors (Lipinski definition) is 1. The van der Waals surface area contributed by atoms with Crippen LogP contribution in [0.4, 0.5) is 19.1 Å². The van der Waals surface area contributed by atoms with Gasteiger partial charge in [0.1, 0.15) is 6.26 Å². The highest BCUT2D eigenvalue weighted by Crippen LogP contribution is 2.29. The van der Waals surface area contributed by atoms with Crippen molar-refractivity contribution in [1.29, 1.82) is 0 Å². The van der Waals surface area contributed by atoms with Gasteiger partial charge in [-0.15, -0.1) is 0 Å². The van der Waals surface area contributed by atoms with Crippen LogP contribution in [0.2, 0.25) is 0 Å². The van der Waals surface area contributed by atoms with Crippen LogP contribution in [0.1, 0.15) is 32.7 Å². The van der Waals surface area contributed by atoms with Crippen LogP contribution in [0.5, 0.6) is 0 Å². The highest BCUT2D eigenvalue weighted by Gasteiger charge is 2.38. The van der Waals surface area contributed by atoms with Gasteiger partial charge in [0, 0.05) is 82.4 Å². The SMILES string of the molecule is O=C(c1ccoc1)N1CCc2c(c(CN3CC(C(=O)N4CCN(c5ncc(C(F)(F)F)cn5)CC4)C3)n[nH]c2=O)C1. The third kappa shape index (κ3) is 5.40. The fraction of sp³-hybridized carbons (Fsp3) is 0.462. The van der Waals surface area contributed by atoms with Gasteiger partial charge in [-0.25, -0.2) is 15.1 Å². The van der Waals surface area contributed by atoms with Gasteiger partial charge in [0.2, 0.25) is 11.9 Å². The fourth-order valence-electron chi connectivity index (χ4n) is 5.49. The number of alkyl halides is 3. The van der Waals surface area contributed by atoms with Gasteiger partial charge in [-0.1, -0.05) is 0 Å². The van der Waals surface area contributed by atoms with Crippen molar-refractivity contribution in [2.24, 2.45) is 5.92 Å². The molecule has 0 unspecified atom stereocenters. The van der Waals surface area contributed by atoms with E-state index >= 15 is 0 Å². The predicted octanol–water partition coefficient (Wildman–Crippen LogP) is 1.15. The van der Waals surface area contributed by atoms with Crippen molar-refractivity contribution in [3.63, 3.8) is 0 Å². The summed E-state index contributed by atoms with van der Waals surface area (Å²) < 4.78 is 43.4. The van der Waals surface area contributed by atoms with Crippen LogP contribution in [0.3, 0.4) is 0 Å². The number of nitrogens with zero attached hydrogens (tertiary/aromatic N) is 7. The van der Waals surface area contributed by atoms with Crippen molar-refractivity contribution in [2.45, 2.75) is 25.7 Å². The average molecular weight is 573 g/mol. The number of halogens is 3. The summed E-state index contributed by atoms with van der Waals surface area (Å²) in [6.45, 7) is 3.91. The third-order valence-electron chi connectivity index (χ3n) is 7.83. The monoisotopic (exact) mass is 572 g/mol. The molecule has 0 aromatic carbocycles. The van der Waals surface area contributed by atoms with Crippen molar-refractivity contribution in [3.8, 4) is 0 Å². The minimum atomic E-state index is -4.49. The van der Waals surface area contributed by atoms with E-state index in [1.54, 1.807) is 20.8 Å². The molecule has 2 fully saturated rings. The van der Waals surface area contributed by atoms with Gasteiger partial charge in [0.15, 0.2) is 0 Å². The van der Waals surface area contributed by atoms with Crippen molar-refractivity contribution < 1.29 is 27.2 Å². The summed E-state index contributed by atoms with van der Waals surface area (Å²) in [5.74, 6) is -0.110. The first-order chi connectivity index (χ1) is 19.7. The summed E-state index contributed by atoms with van der Waals surface area (Å²) in [5.41, 5.74) is 1.35. The molecule has 2 saturated heterocycles. The zero-order valence-electron chi connectivity index (χ0n) is 21.9. The lowest BCUT2D eigenvalue weighted by molar-refractivity contribution is -0.142. The zero-order valence-corrected chi connectivity index (χ0v) is 21.9. The number of aromatic amines is 1. The molecule has 6 heterocycles. The van der Waals surface area contributed by atoms with Crippen LogP contribution in [0.25, 0.3) is 0 Å². The summed E-state index contributed by atoms with van der Waals surface area (Å²) in [5, 5.41) is 6.85. The Morgan fingerprint density at radius 2 is 1.76 bits per heavy atom. The minimum absolute atomic E-state index is 0.0302. The summed E-state index contributed by atoms with van der Waals surface area (Å²) in [6.07, 6.45) is 0.312. The number of anilines is 1. The minimum Gasteiger partial charge on any atom is -0.472 e. The molecule has 2 amide bonds. The van der Waals surface area contributed by atoms with E-state index < -0.39 is 11.7 Å². The van der Waals surface area contributed by atoms with Crippen LogP contribution in [0.15, 0.2) is 40.2 Å². The van der Waals surface area contributed by atoms with Crippen LogP contribution in [-0.2, 0) is 30.5 Å². The average Bonchev–Trinajstić information content (AvgIpc) is 3.50. The van der Waals surface area contributed by atoms with E-state index in [9.17, 15) is 27.6 Å². The second kappa shape index (κ2) is 10.6. The summed E-state index contributed by atoms with van der Waals surface area (Å²) >= 11 is 0. The smallest absolute Gasteiger partial charge is 0.419 e.